The predicted octanol–water partition coefficient (Wildman–Crippen LogP) is 2.83. The Balaban J connectivity index is 3.95. The van der Waals surface area contributed by atoms with Gasteiger partial charge in [-0.3, -0.25) is 19.2 Å². The van der Waals surface area contributed by atoms with Crippen LogP contribution in [0.1, 0.15) is 71.6 Å². The molecular formula is C18H30O8. The van der Waals surface area contributed by atoms with E-state index in [1.807, 2.05) is 0 Å². The molecule has 0 fully saturated rings. The van der Waals surface area contributed by atoms with E-state index in [0.29, 0.717) is 12.8 Å². The van der Waals surface area contributed by atoms with Crippen LogP contribution in [-0.4, -0.2) is 42.4 Å². The number of carboxylic acid groups (broad SMARTS) is 1. The number of aliphatic carboxylic acids is 1. The van der Waals surface area contributed by atoms with Crippen molar-refractivity contribution in [2.24, 2.45) is 5.92 Å². The van der Waals surface area contributed by atoms with Gasteiger partial charge in [0.1, 0.15) is 6.61 Å². The maximum atomic E-state index is 12.0. The van der Waals surface area contributed by atoms with Gasteiger partial charge in [-0.15, -0.1) is 0 Å². The summed E-state index contributed by atoms with van der Waals surface area (Å²) in [5, 5.41) is 8.55. The molecule has 0 aliphatic rings. The number of unbranched alkanes of at least 4 members (excludes halogenated alkanes) is 6. The van der Waals surface area contributed by atoms with E-state index in [1.54, 1.807) is 0 Å². The third-order valence-electron chi connectivity index (χ3n) is 3.73. The molecule has 26 heavy (non-hydrogen) atoms. The first-order valence-corrected chi connectivity index (χ1v) is 8.98. The average molecular weight is 374 g/mol. The van der Waals surface area contributed by atoms with Gasteiger partial charge in [0.25, 0.3) is 0 Å². The molecule has 1 atom stereocenters. The van der Waals surface area contributed by atoms with Gasteiger partial charge in [-0.1, -0.05) is 38.5 Å². The molecule has 1 N–H and O–H groups in total. The minimum Gasteiger partial charge on any atom is -0.481 e. The van der Waals surface area contributed by atoms with E-state index < -0.39 is 36.6 Å². The van der Waals surface area contributed by atoms with Crippen molar-refractivity contribution in [3.63, 3.8) is 0 Å². The van der Waals surface area contributed by atoms with E-state index in [9.17, 15) is 19.2 Å². The first-order valence-electron chi connectivity index (χ1n) is 8.98. The van der Waals surface area contributed by atoms with Crippen molar-refractivity contribution in [2.45, 2.75) is 71.6 Å². The summed E-state index contributed by atoms with van der Waals surface area (Å²) < 4.78 is 14.3. The molecule has 0 saturated heterocycles. The number of carboxylic acids is 1. The Kier molecular flexibility index (Phi) is 13.9. The summed E-state index contributed by atoms with van der Waals surface area (Å²) in [6.45, 7) is 1.99. The second-order valence-electron chi connectivity index (χ2n) is 6.12. The first-order chi connectivity index (χ1) is 12.3. The highest BCUT2D eigenvalue weighted by Gasteiger charge is 2.21. The second kappa shape index (κ2) is 15.2. The van der Waals surface area contributed by atoms with Crippen molar-refractivity contribution in [2.75, 3.05) is 13.4 Å². The zero-order valence-electron chi connectivity index (χ0n) is 15.7. The normalized spacial score (nSPS) is 11.5. The van der Waals surface area contributed by atoms with Gasteiger partial charge in [0.05, 0.1) is 5.92 Å². The van der Waals surface area contributed by atoms with E-state index >= 15 is 0 Å². The van der Waals surface area contributed by atoms with Gasteiger partial charge in [-0.05, 0) is 12.8 Å². The van der Waals surface area contributed by atoms with E-state index in [0.717, 1.165) is 38.5 Å². The number of hydrogen-bond acceptors (Lipinski definition) is 7. The van der Waals surface area contributed by atoms with Crippen LogP contribution in [0.2, 0.25) is 0 Å². The van der Waals surface area contributed by atoms with Crippen molar-refractivity contribution in [3.8, 4) is 0 Å². The molecule has 0 aromatic heterocycles. The molecule has 8 nitrogen and oxygen atoms in total. The lowest BCUT2D eigenvalue weighted by molar-refractivity contribution is -0.170. The second-order valence-corrected chi connectivity index (χ2v) is 6.12. The van der Waals surface area contributed by atoms with Gasteiger partial charge >= 0.3 is 23.9 Å². The molecule has 0 saturated carbocycles. The zero-order valence-corrected chi connectivity index (χ0v) is 15.7. The molecule has 0 aromatic rings. The summed E-state index contributed by atoms with van der Waals surface area (Å²) in [6, 6.07) is 0. The Labute approximate surface area is 154 Å². The number of rotatable bonds is 15. The lowest BCUT2D eigenvalue weighted by atomic mass is 10.0. The Morgan fingerprint density at radius 2 is 1.31 bits per heavy atom. The van der Waals surface area contributed by atoms with E-state index in [1.165, 1.54) is 13.8 Å². The highest BCUT2D eigenvalue weighted by atomic mass is 16.7. The van der Waals surface area contributed by atoms with Crippen molar-refractivity contribution in [1.82, 2.24) is 0 Å². The van der Waals surface area contributed by atoms with Crippen LogP contribution in [0.5, 0.6) is 0 Å². The summed E-state index contributed by atoms with van der Waals surface area (Å²) in [6.07, 6.45) is 7.06. The van der Waals surface area contributed by atoms with Crippen molar-refractivity contribution >= 4 is 23.9 Å². The summed E-state index contributed by atoms with van der Waals surface area (Å²) in [5.74, 6) is -2.91. The number of hydrogen-bond donors (Lipinski definition) is 1. The molecule has 0 aliphatic carbocycles. The third kappa shape index (κ3) is 15.4. The van der Waals surface area contributed by atoms with Crippen molar-refractivity contribution in [3.05, 3.63) is 0 Å². The van der Waals surface area contributed by atoms with Gasteiger partial charge in [0.2, 0.25) is 6.79 Å². The predicted molar refractivity (Wildman–Crippen MR) is 92.0 cm³/mol. The standard InChI is InChI=1S/C18H30O8/c1-14(19)24-12-16(18(23)26-13-25-15(2)20)10-8-6-4-3-5-7-9-11-17(21)22/h16H,3-13H2,1-2H3,(H,21,22). The van der Waals surface area contributed by atoms with Crippen LogP contribution >= 0.6 is 0 Å². The molecule has 1 unspecified atom stereocenters. The fourth-order valence-electron chi connectivity index (χ4n) is 2.33. The molecule has 0 bridgehead atoms. The number of carbonyl (C=O) groups is 4. The lowest BCUT2D eigenvalue weighted by Gasteiger charge is -2.15. The largest absolute Gasteiger partial charge is 0.481 e. The third-order valence-corrected chi connectivity index (χ3v) is 3.73. The Bertz CT molecular complexity index is 446. The molecule has 0 radical (unpaired) electrons. The Morgan fingerprint density at radius 1 is 0.769 bits per heavy atom. The maximum Gasteiger partial charge on any atom is 0.315 e. The molecule has 150 valence electrons. The SMILES string of the molecule is CC(=O)OCOC(=O)C(CCCCCCCCCC(=O)O)COC(C)=O. The summed E-state index contributed by atoms with van der Waals surface area (Å²) >= 11 is 0. The maximum absolute atomic E-state index is 12.0. The number of esters is 3. The summed E-state index contributed by atoms with van der Waals surface area (Å²) in [4.78, 5) is 44.0. The highest BCUT2D eigenvalue weighted by Crippen LogP contribution is 2.15. The summed E-state index contributed by atoms with van der Waals surface area (Å²) in [5.41, 5.74) is 0. The highest BCUT2D eigenvalue weighted by molar-refractivity contribution is 5.73. The molecule has 0 heterocycles. The van der Waals surface area contributed by atoms with Crippen LogP contribution in [0.3, 0.4) is 0 Å². The van der Waals surface area contributed by atoms with Crippen LogP contribution in [0.4, 0.5) is 0 Å². The molecule has 0 aliphatic heterocycles. The van der Waals surface area contributed by atoms with Crippen molar-refractivity contribution < 1.29 is 38.5 Å². The molecule has 0 amide bonds. The van der Waals surface area contributed by atoms with E-state index in [-0.39, 0.29) is 13.0 Å². The van der Waals surface area contributed by atoms with E-state index in [2.05, 4.69) is 4.74 Å². The van der Waals surface area contributed by atoms with Gasteiger partial charge in [0, 0.05) is 20.3 Å². The van der Waals surface area contributed by atoms with Gasteiger partial charge in [-0.25, -0.2) is 0 Å². The van der Waals surface area contributed by atoms with Crippen LogP contribution in [0.15, 0.2) is 0 Å². The number of ether oxygens (including phenoxy) is 3. The van der Waals surface area contributed by atoms with Gasteiger partial charge < -0.3 is 19.3 Å². The topological polar surface area (TPSA) is 116 Å². The van der Waals surface area contributed by atoms with Gasteiger partial charge in [0.15, 0.2) is 0 Å². The molecule has 0 aromatic carbocycles. The minimum atomic E-state index is -0.760. The molecular weight excluding hydrogens is 344 g/mol. The van der Waals surface area contributed by atoms with Crippen LogP contribution < -0.4 is 0 Å². The fourth-order valence-corrected chi connectivity index (χ4v) is 2.33. The fraction of sp³-hybridized carbons (Fsp3) is 0.778. The van der Waals surface area contributed by atoms with Crippen molar-refractivity contribution in [1.29, 1.82) is 0 Å². The monoisotopic (exact) mass is 374 g/mol. The summed E-state index contributed by atoms with van der Waals surface area (Å²) in [7, 11) is 0. The van der Waals surface area contributed by atoms with Crippen LogP contribution in [0.25, 0.3) is 0 Å². The van der Waals surface area contributed by atoms with Crippen LogP contribution in [-0.2, 0) is 33.4 Å². The minimum absolute atomic E-state index is 0.0522. The smallest absolute Gasteiger partial charge is 0.315 e. The first kappa shape index (κ1) is 23.9. The van der Waals surface area contributed by atoms with Gasteiger partial charge in [-0.2, -0.15) is 0 Å². The molecule has 0 rings (SSSR count). The lowest BCUT2D eigenvalue weighted by Crippen LogP contribution is -2.25. The molecule has 8 heteroatoms. The average Bonchev–Trinajstić information content (AvgIpc) is 2.54. The Morgan fingerprint density at radius 3 is 1.85 bits per heavy atom. The van der Waals surface area contributed by atoms with E-state index in [4.69, 9.17) is 14.6 Å². The molecule has 0 spiro atoms. The van der Waals surface area contributed by atoms with Crippen LogP contribution in [0, 0.1) is 5.92 Å². The Hall–Kier alpha value is -2.12. The number of carbonyl (C=O) groups excluding carboxylic acids is 3. The quantitative estimate of drug-likeness (QED) is 0.264. The zero-order chi connectivity index (χ0) is 19.8.